The van der Waals surface area contributed by atoms with Crippen molar-refractivity contribution in [1.82, 2.24) is 0 Å². The minimum atomic E-state index is -0.0700. The fourth-order valence-electron chi connectivity index (χ4n) is 0.794. The molecule has 0 heterocycles. The first-order valence-corrected chi connectivity index (χ1v) is 3.72. The third kappa shape index (κ3) is 2.10. The van der Waals surface area contributed by atoms with E-state index >= 15 is 0 Å². The Morgan fingerprint density at radius 3 is 2.82 bits per heavy atom. The van der Waals surface area contributed by atoms with Gasteiger partial charge < -0.3 is 10.4 Å². The molecule has 2 nitrogen and oxygen atoms in total. The molecule has 0 spiro atoms. The summed E-state index contributed by atoms with van der Waals surface area (Å²) in [5, 5.41) is 12.0. The number of nitrogens with one attached hydrogen (secondary N) is 1. The first kappa shape index (κ1) is 8.37. The Morgan fingerprint density at radius 2 is 2.27 bits per heavy atom. The molecule has 0 fully saturated rings. The first-order chi connectivity index (χ1) is 5.24. The van der Waals surface area contributed by atoms with Gasteiger partial charge in [-0.05, 0) is 24.6 Å². The van der Waals surface area contributed by atoms with Crippen LogP contribution in [0, 0.1) is 6.92 Å². The lowest BCUT2D eigenvalue weighted by atomic mass is 10.2. The molecular formula is C8H10ClNO. The van der Waals surface area contributed by atoms with Gasteiger partial charge in [0.2, 0.25) is 0 Å². The van der Waals surface area contributed by atoms with E-state index in [0.29, 0.717) is 5.02 Å². The highest BCUT2D eigenvalue weighted by Crippen LogP contribution is 2.19. The molecule has 0 unspecified atom stereocenters. The molecule has 0 radical (unpaired) electrons. The summed E-state index contributed by atoms with van der Waals surface area (Å²) in [7, 11) is 0. The molecule has 0 bridgehead atoms. The van der Waals surface area contributed by atoms with Gasteiger partial charge in [0.25, 0.3) is 0 Å². The maximum atomic E-state index is 8.53. The van der Waals surface area contributed by atoms with Crippen molar-refractivity contribution in [3.8, 4) is 0 Å². The minimum Gasteiger partial charge on any atom is -0.377 e. The molecular weight excluding hydrogens is 162 g/mol. The van der Waals surface area contributed by atoms with Gasteiger partial charge in [-0.3, -0.25) is 0 Å². The van der Waals surface area contributed by atoms with Gasteiger partial charge in [-0.25, -0.2) is 0 Å². The fourth-order valence-corrected chi connectivity index (χ4v) is 0.975. The summed E-state index contributed by atoms with van der Waals surface area (Å²) >= 11 is 5.83. The Hall–Kier alpha value is -0.730. The first-order valence-electron chi connectivity index (χ1n) is 3.35. The van der Waals surface area contributed by atoms with E-state index in [2.05, 4.69) is 5.32 Å². The van der Waals surface area contributed by atoms with E-state index in [-0.39, 0.29) is 6.73 Å². The van der Waals surface area contributed by atoms with Crippen LogP contribution in [0.15, 0.2) is 18.2 Å². The van der Waals surface area contributed by atoms with E-state index in [1.807, 2.05) is 19.1 Å². The lowest BCUT2D eigenvalue weighted by Crippen LogP contribution is -1.98. The van der Waals surface area contributed by atoms with Crippen LogP contribution in [0.1, 0.15) is 5.56 Å². The molecule has 0 aliphatic carbocycles. The molecule has 2 N–H and O–H groups in total. The summed E-state index contributed by atoms with van der Waals surface area (Å²) in [6.45, 7) is 1.87. The Balaban J connectivity index is 2.86. The Bertz CT molecular complexity index is 250. The van der Waals surface area contributed by atoms with Crippen LogP contribution < -0.4 is 5.32 Å². The number of aliphatic hydroxyl groups is 1. The molecule has 1 rings (SSSR count). The van der Waals surface area contributed by atoms with Crippen molar-refractivity contribution in [2.24, 2.45) is 0 Å². The number of benzene rings is 1. The fraction of sp³-hybridized carbons (Fsp3) is 0.250. The van der Waals surface area contributed by atoms with Crippen LogP contribution in [0.4, 0.5) is 5.69 Å². The number of anilines is 1. The van der Waals surface area contributed by atoms with Gasteiger partial charge in [-0.15, -0.1) is 0 Å². The predicted octanol–water partition coefficient (Wildman–Crippen LogP) is 2.01. The van der Waals surface area contributed by atoms with E-state index in [9.17, 15) is 0 Å². The summed E-state index contributed by atoms with van der Waals surface area (Å²) in [4.78, 5) is 0. The van der Waals surface area contributed by atoms with Gasteiger partial charge in [-0.1, -0.05) is 17.7 Å². The van der Waals surface area contributed by atoms with Crippen LogP contribution in [0.5, 0.6) is 0 Å². The molecule has 0 saturated carbocycles. The molecule has 0 amide bonds. The highest BCUT2D eigenvalue weighted by molar-refractivity contribution is 6.31. The largest absolute Gasteiger partial charge is 0.377 e. The molecule has 60 valence electrons. The zero-order valence-corrected chi connectivity index (χ0v) is 7.02. The normalized spacial score (nSPS) is 9.73. The maximum absolute atomic E-state index is 8.53. The molecule has 0 aromatic heterocycles. The van der Waals surface area contributed by atoms with Crippen molar-refractivity contribution in [2.45, 2.75) is 6.92 Å². The quantitative estimate of drug-likeness (QED) is 0.668. The molecule has 1 aromatic rings. The summed E-state index contributed by atoms with van der Waals surface area (Å²) in [5.41, 5.74) is 1.87. The number of hydrogen-bond donors (Lipinski definition) is 2. The van der Waals surface area contributed by atoms with Crippen molar-refractivity contribution in [2.75, 3.05) is 12.0 Å². The van der Waals surface area contributed by atoms with E-state index in [1.54, 1.807) is 6.07 Å². The second kappa shape index (κ2) is 3.60. The van der Waals surface area contributed by atoms with Crippen LogP contribution in [0.2, 0.25) is 5.02 Å². The van der Waals surface area contributed by atoms with Crippen molar-refractivity contribution < 1.29 is 5.11 Å². The smallest absolute Gasteiger partial charge is 0.113 e. The van der Waals surface area contributed by atoms with E-state index in [0.717, 1.165) is 11.3 Å². The van der Waals surface area contributed by atoms with Crippen LogP contribution in [-0.4, -0.2) is 11.8 Å². The second-order valence-electron chi connectivity index (χ2n) is 2.30. The Morgan fingerprint density at radius 1 is 1.55 bits per heavy atom. The third-order valence-electron chi connectivity index (χ3n) is 1.46. The van der Waals surface area contributed by atoms with Crippen molar-refractivity contribution in [3.05, 3.63) is 28.8 Å². The Kier molecular flexibility index (Phi) is 2.74. The van der Waals surface area contributed by atoms with Crippen LogP contribution >= 0.6 is 11.6 Å². The molecule has 0 atom stereocenters. The molecule has 3 heteroatoms. The summed E-state index contributed by atoms with van der Waals surface area (Å²) in [6.07, 6.45) is 0. The van der Waals surface area contributed by atoms with Crippen LogP contribution in [-0.2, 0) is 0 Å². The van der Waals surface area contributed by atoms with Crippen LogP contribution in [0.25, 0.3) is 0 Å². The van der Waals surface area contributed by atoms with Gasteiger partial charge in [0.1, 0.15) is 6.73 Å². The molecule has 11 heavy (non-hydrogen) atoms. The summed E-state index contributed by atoms with van der Waals surface area (Å²) in [5.74, 6) is 0. The van der Waals surface area contributed by atoms with Gasteiger partial charge in [0.05, 0.1) is 0 Å². The summed E-state index contributed by atoms with van der Waals surface area (Å²) < 4.78 is 0. The number of aryl methyl sites for hydroxylation is 1. The van der Waals surface area contributed by atoms with E-state index in [1.165, 1.54) is 0 Å². The monoisotopic (exact) mass is 171 g/mol. The minimum absolute atomic E-state index is 0.0700. The average molecular weight is 172 g/mol. The SMILES string of the molecule is Cc1ccc(NCO)cc1Cl. The zero-order valence-electron chi connectivity index (χ0n) is 6.26. The predicted molar refractivity (Wildman–Crippen MR) is 46.9 cm³/mol. The van der Waals surface area contributed by atoms with E-state index in [4.69, 9.17) is 16.7 Å². The van der Waals surface area contributed by atoms with Gasteiger partial charge in [0.15, 0.2) is 0 Å². The van der Waals surface area contributed by atoms with Gasteiger partial charge in [-0.2, -0.15) is 0 Å². The van der Waals surface area contributed by atoms with Gasteiger partial charge >= 0.3 is 0 Å². The average Bonchev–Trinajstić information content (AvgIpc) is 1.98. The second-order valence-corrected chi connectivity index (χ2v) is 2.71. The molecule has 0 saturated heterocycles. The number of hydrogen-bond acceptors (Lipinski definition) is 2. The standard InChI is InChI=1S/C8H10ClNO/c1-6-2-3-7(10-5-11)4-8(6)9/h2-4,10-11H,5H2,1H3. The lowest BCUT2D eigenvalue weighted by molar-refractivity contribution is 0.325. The van der Waals surface area contributed by atoms with Crippen molar-refractivity contribution in [3.63, 3.8) is 0 Å². The van der Waals surface area contributed by atoms with E-state index < -0.39 is 0 Å². The number of aliphatic hydroxyl groups excluding tert-OH is 1. The highest BCUT2D eigenvalue weighted by Gasteiger charge is 1.95. The maximum Gasteiger partial charge on any atom is 0.113 e. The zero-order chi connectivity index (χ0) is 8.27. The third-order valence-corrected chi connectivity index (χ3v) is 1.86. The molecule has 0 aliphatic rings. The Labute approximate surface area is 70.8 Å². The van der Waals surface area contributed by atoms with Crippen LogP contribution in [0.3, 0.4) is 0 Å². The topological polar surface area (TPSA) is 32.3 Å². The van der Waals surface area contributed by atoms with Crippen molar-refractivity contribution >= 4 is 17.3 Å². The molecule has 0 aliphatic heterocycles. The van der Waals surface area contributed by atoms with Gasteiger partial charge in [0, 0.05) is 10.7 Å². The number of rotatable bonds is 2. The molecule has 1 aromatic carbocycles. The highest BCUT2D eigenvalue weighted by atomic mass is 35.5. The lowest BCUT2D eigenvalue weighted by Gasteiger charge is -2.03. The van der Waals surface area contributed by atoms with Crippen molar-refractivity contribution in [1.29, 1.82) is 0 Å². The summed E-state index contributed by atoms with van der Waals surface area (Å²) in [6, 6.07) is 5.56. The number of halogens is 1.